The Labute approximate surface area is 153 Å². The lowest BCUT2D eigenvalue weighted by atomic mass is 9.95. The molecule has 0 aromatic heterocycles. The van der Waals surface area contributed by atoms with Gasteiger partial charge in [0.15, 0.2) is 8.32 Å². The molecule has 1 saturated heterocycles. The van der Waals surface area contributed by atoms with Crippen LogP contribution in [-0.2, 0) is 9.16 Å². The predicted molar refractivity (Wildman–Crippen MR) is 101 cm³/mol. The molecule has 25 heavy (non-hydrogen) atoms. The summed E-state index contributed by atoms with van der Waals surface area (Å²) in [5, 5.41) is 18.9. The summed E-state index contributed by atoms with van der Waals surface area (Å²) in [7, 11) is -1.85. The lowest BCUT2D eigenvalue weighted by molar-refractivity contribution is -0.0427. The van der Waals surface area contributed by atoms with E-state index in [-0.39, 0.29) is 23.6 Å². The molecule has 0 aromatic rings. The average Bonchev–Trinajstić information content (AvgIpc) is 2.75. The summed E-state index contributed by atoms with van der Waals surface area (Å²) in [6.07, 6.45) is 1.29. The Morgan fingerprint density at radius 3 is 2.48 bits per heavy atom. The second kappa shape index (κ2) is 8.37. The fourth-order valence-corrected chi connectivity index (χ4v) is 4.11. The van der Waals surface area contributed by atoms with Crippen LogP contribution < -0.4 is 0 Å². The van der Waals surface area contributed by atoms with Crippen molar-refractivity contribution in [1.82, 2.24) is 4.90 Å². The molecule has 2 unspecified atom stereocenters. The van der Waals surface area contributed by atoms with Gasteiger partial charge in [-0.3, -0.25) is 4.90 Å². The van der Waals surface area contributed by atoms with E-state index >= 15 is 0 Å². The number of nitrogens with zero attached hydrogens (tertiary/aromatic N) is 1. The highest BCUT2D eigenvalue weighted by atomic mass is 28.4. The minimum Gasteiger partial charge on any atom is -0.465 e. The van der Waals surface area contributed by atoms with Crippen molar-refractivity contribution in [3.63, 3.8) is 0 Å². The molecule has 0 saturated carbocycles. The maximum Gasteiger partial charge on any atom is 0.409 e. The summed E-state index contributed by atoms with van der Waals surface area (Å²) in [5.74, 6) is 0.214. The Balaban J connectivity index is 2.78. The molecule has 7 heteroatoms. The van der Waals surface area contributed by atoms with E-state index in [1.165, 1.54) is 4.90 Å². The van der Waals surface area contributed by atoms with E-state index in [4.69, 9.17) is 9.16 Å². The van der Waals surface area contributed by atoms with Crippen molar-refractivity contribution in [2.45, 2.75) is 83.8 Å². The van der Waals surface area contributed by atoms with Crippen LogP contribution in [0.1, 0.15) is 53.9 Å². The minimum absolute atomic E-state index is 0.139. The van der Waals surface area contributed by atoms with E-state index in [0.29, 0.717) is 26.1 Å². The highest BCUT2D eigenvalue weighted by molar-refractivity contribution is 6.74. The number of hydrogen-bond acceptors (Lipinski definition) is 4. The Kier molecular flexibility index (Phi) is 7.50. The van der Waals surface area contributed by atoms with E-state index < -0.39 is 20.1 Å². The third-order valence-corrected chi connectivity index (χ3v) is 10.1. The molecule has 1 fully saturated rings. The van der Waals surface area contributed by atoms with E-state index in [0.717, 1.165) is 6.42 Å². The molecule has 148 valence electrons. The van der Waals surface area contributed by atoms with E-state index in [1.54, 1.807) is 13.8 Å². The van der Waals surface area contributed by atoms with Gasteiger partial charge in [0.05, 0.1) is 12.6 Å². The van der Waals surface area contributed by atoms with Crippen molar-refractivity contribution in [2.75, 3.05) is 19.8 Å². The Morgan fingerprint density at radius 2 is 2.00 bits per heavy atom. The van der Waals surface area contributed by atoms with Gasteiger partial charge in [-0.1, -0.05) is 20.8 Å². The molecule has 0 radical (unpaired) electrons. The molecule has 1 rings (SSSR count). The monoisotopic (exact) mass is 375 g/mol. The summed E-state index contributed by atoms with van der Waals surface area (Å²) in [4.78, 5) is 13.1. The lowest BCUT2D eigenvalue weighted by Gasteiger charge is -2.38. The molecule has 0 aliphatic carbocycles. The molecule has 2 atom stereocenters. The fourth-order valence-electron chi connectivity index (χ4n) is 3.02. The first-order valence-electron chi connectivity index (χ1n) is 9.23. The number of ether oxygens (including phenoxy) is 1. The van der Waals surface area contributed by atoms with Crippen LogP contribution in [0.15, 0.2) is 0 Å². The number of carbonyl (C=O) groups is 1. The van der Waals surface area contributed by atoms with Gasteiger partial charge in [-0.25, -0.2) is 4.79 Å². The van der Waals surface area contributed by atoms with Crippen LogP contribution in [0.5, 0.6) is 0 Å². The molecule has 1 aliphatic heterocycles. The zero-order valence-electron chi connectivity index (χ0n) is 17.0. The normalized spacial score (nSPS) is 22.2. The van der Waals surface area contributed by atoms with Crippen molar-refractivity contribution in [3.8, 4) is 0 Å². The number of carboxylic acid groups (broad SMARTS) is 1. The van der Waals surface area contributed by atoms with Gasteiger partial charge in [0.25, 0.3) is 0 Å². The SMILES string of the molecule is CC1(C)OCC(CC(CCCO)CO[Si](C)(C)C(C)(C)C)N1C(=O)O. The van der Waals surface area contributed by atoms with Gasteiger partial charge in [-0.2, -0.15) is 0 Å². The average molecular weight is 376 g/mol. The zero-order valence-corrected chi connectivity index (χ0v) is 18.0. The van der Waals surface area contributed by atoms with Gasteiger partial charge < -0.3 is 19.4 Å². The third kappa shape index (κ3) is 5.94. The van der Waals surface area contributed by atoms with E-state index in [1.807, 2.05) is 0 Å². The third-order valence-electron chi connectivity index (χ3n) is 5.64. The molecule has 1 heterocycles. The van der Waals surface area contributed by atoms with Gasteiger partial charge in [-0.15, -0.1) is 0 Å². The van der Waals surface area contributed by atoms with Gasteiger partial charge in [0.1, 0.15) is 5.72 Å². The fraction of sp³-hybridized carbons (Fsp3) is 0.944. The molecule has 0 aromatic carbocycles. The molecule has 1 amide bonds. The maximum atomic E-state index is 11.7. The number of rotatable bonds is 8. The minimum atomic E-state index is -1.85. The predicted octanol–water partition coefficient (Wildman–Crippen LogP) is 3.90. The number of amides is 1. The van der Waals surface area contributed by atoms with Gasteiger partial charge in [0, 0.05) is 13.2 Å². The second-order valence-electron chi connectivity index (χ2n) is 9.10. The van der Waals surface area contributed by atoms with Crippen molar-refractivity contribution >= 4 is 14.4 Å². The summed E-state index contributed by atoms with van der Waals surface area (Å²) >= 11 is 0. The number of aliphatic hydroxyl groups is 1. The molecule has 6 nitrogen and oxygen atoms in total. The van der Waals surface area contributed by atoms with Crippen LogP contribution in [0, 0.1) is 5.92 Å². The highest BCUT2D eigenvalue weighted by Gasteiger charge is 2.45. The molecule has 1 aliphatic rings. The Morgan fingerprint density at radius 1 is 1.40 bits per heavy atom. The molecule has 2 N–H and O–H groups in total. The molecule has 0 bridgehead atoms. The lowest BCUT2D eigenvalue weighted by Crippen LogP contribution is -2.48. The highest BCUT2D eigenvalue weighted by Crippen LogP contribution is 2.38. The number of hydrogen-bond donors (Lipinski definition) is 2. The largest absolute Gasteiger partial charge is 0.465 e. The zero-order chi connectivity index (χ0) is 19.5. The van der Waals surface area contributed by atoms with Gasteiger partial charge >= 0.3 is 6.09 Å². The molecule has 0 spiro atoms. The summed E-state index contributed by atoms with van der Waals surface area (Å²) in [6, 6.07) is -0.167. The van der Waals surface area contributed by atoms with Crippen LogP contribution in [0.2, 0.25) is 18.1 Å². The van der Waals surface area contributed by atoms with Gasteiger partial charge in [-0.05, 0) is 57.2 Å². The van der Waals surface area contributed by atoms with Gasteiger partial charge in [0.2, 0.25) is 0 Å². The first kappa shape index (κ1) is 22.4. The van der Waals surface area contributed by atoms with Crippen molar-refractivity contribution in [3.05, 3.63) is 0 Å². The number of aliphatic hydroxyl groups excluding tert-OH is 1. The van der Waals surface area contributed by atoms with Crippen LogP contribution in [0.25, 0.3) is 0 Å². The Bertz CT molecular complexity index is 447. The van der Waals surface area contributed by atoms with Crippen molar-refractivity contribution < 1.29 is 24.2 Å². The van der Waals surface area contributed by atoms with Crippen LogP contribution in [0.3, 0.4) is 0 Å². The van der Waals surface area contributed by atoms with Crippen molar-refractivity contribution in [2.24, 2.45) is 5.92 Å². The molecular weight excluding hydrogens is 338 g/mol. The maximum absolute atomic E-state index is 11.7. The first-order chi connectivity index (χ1) is 11.3. The second-order valence-corrected chi connectivity index (χ2v) is 13.9. The van der Waals surface area contributed by atoms with Crippen LogP contribution in [-0.4, -0.2) is 61.1 Å². The summed E-state index contributed by atoms with van der Waals surface area (Å²) in [6.45, 7) is 15.8. The smallest absolute Gasteiger partial charge is 0.409 e. The van der Waals surface area contributed by atoms with E-state index in [2.05, 4.69) is 33.9 Å². The molecular formula is C18H37NO5Si. The Hall–Kier alpha value is -0.633. The first-order valence-corrected chi connectivity index (χ1v) is 12.1. The van der Waals surface area contributed by atoms with Crippen molar-refractivity contribution in [1.29, 1.82) is 0 Å². The summed E-state index contributed by atoms with van der Waals surface area (Å²) < 4.78 is 12.1. The van der Waals surface area contributed by atoms with Crippen LogP contribution >= 0.6 is 0 Å². The van der Waals surface area contributed by atoms with E-state index in [9.17, 15) is 15.0 Å². The topological polar surface area (TPSA) is 79.2 Å². The van der Waals surface area contributed by atoms with Crippen LogP contribution in [0.4, 0.5) is 4.79 Å². The standard InChI is InChI=1S/C18H37NO5Si/c1-17(2,3)25(6,7)24-12-14(9-8-10-20)11-15-13-23-18(4,5)19(15)16(21)22/h14-15,20H,8-13H2,1-7H3,(H,21,22). The quantitative estimate of drug-likeness (QED) is 0.629. The summed E-state index contributed by atoms with van der Waals surface area (Å²) in [5.41, 5.74) is -0.793.